The molecule has 0 aliphatic heterocycles. The first kappa shape index (κ1) is 20.0. The van der Waals surface area contributed by atoms with E-state index in [1.54, 1.807) is 36.9 Å². The molecule has 10 heteroatoms. The molecule has 1 aliphatic carbocycles. The van der Waals surface area contributed by atoms with Crippen LogP contribution < -0.4 is 16.6 Å². The Balaban J connectivity index is 1.78. The highest BCUT2D eigenvalue weighted by atomic mass is 35.5. The van der Waals surface area contributed by atoms with Gasteiger partial charge in [0.1, 0.15) is 0 Å². The van der Waals surface area contributed by atoms with Gasteiger partial charge >= 0.3 is 5.69 Å². The van der Waals surface area contributed by atoms with E-state index in [1.165, 1.54) is 4.57 Å². The Morgan fingerprint density at radius 1 is 1.17 bits per heavy atom. The fraction of sp³-hybridized carbons (Fsp3) is 0.421. The Morgan fingerprint density at radius 2 is 1.93 bits per heavy atom. The molecule has 1 fully saturated rings. The Hall–Kier alpha value is -2.29. The summed E-state index contributed by atoms with van der Waals surface area (Å²) in [7, 11) is 3.37. The fourth-order valence-corrected chi connectivity index (χ4v) is 4.18. The fourth-order valence-electron chi connectivity index (χ4n) is 3.86. The maximum Gasteiger partial charge on any atom is 0.332 e. The van der Waals surface area contributed by atoms with E-state index >= 15 is 0 Å². The minimum absolute atomic E-state index is 0.0620. The van der Waals surface area contributed by atoms with E-state index in [0.717, 1.165) is 17.4 Å². The van der Waals surface area contributed by atoms with Gasteiger partial charge in [0, 0.05) is 20.1 Å². The molecule has 0 saturated heterocycles. The molecule has 1 aromatic carbocycles. The Morgan fingerprint density at radius 3 is 2.59 bits per heavy atom. The normalized spacial score (nSPS) is 19.2. The minimum atomic E-state index is -0.468. The lowest BCUT2D eigenvalue weighted by molar-refractivity contribution is 0.182. The van der Waals surface area contributed by atoms with E-state index < -0.39 is 11.2 Å². The summed E-state index contributed by atoms with van der Waals surface area (Å²) in [5.74, 6) is 0.499. The summed E-state index contributed by atoms with van der Waals surface area (Å²) in [5, 5.41) is 13.8. The van der Waals surface area contributed by atoms with Gasteiger partial charge in [-0.1, -0.05) is 29.3 Å². The van der Waals surface area contributed by atoms with Crippen LogP contribution in [0.2, 0.25) is 10.0 Å². The number of rotatable bonds is 4. The third kappa shape index (κ3) is 3.56. The lowest BCUT2D eigenvalue weighted by Crippen LogP contribution is -2.39. The Labute approximate surface area is 176 Å². The highest BCUT2D eigenvalue weighted by molar-refractivity contribution is 6.42. The maximum atomic E-state index is 13.1. The third-order valence-corrected chi connectivity index (χ3v) is 6.15. The van der Waals surface area contributed by atoms with E-state index in [-0.39, 0.29) is 24.2 Å². The molecule has 0 bridgehead atoms. The number of aromatic nitrogens is 4. The molecule has 8 nitrogen and oxygen atoms in total. The predicted molar refractivity (Wildman–Crippen MR) is 113 cm³/mol. The third-order valence-electron chi connectivity index (χ3n) is 5.41. The van der Waals surface area contributed by atoms with Crippen LogP contribution in [0.5, 0.6) is 0 Å². The van der Waals surface area contributed by atoms with Gasteiger partial charge in [-0.25, -0.2) is 9.78 Å². The van der Waals surface area contributed by atoms with Crippen LogP contribution in [0.15, 0.2) is 27.8 Å². The number of benzene rings is 1. The zero-order valence-corrected chi connectivity index (χ0v) is 17.5. The quantitative estimate of drug-likeness (QED) is 0.651. The van der Waals surface area contributed by atoms with E-state index in [9.17, 15) is 14.7 Å². The highest BCUT2D eigenvalue weighted by Gasteiger charge is 2.25. The van der Waals surface area contributed by atoms with Crippen molar-refractivity contribution in [3.63, 3.8) is 0 Å². The Bertz CT molecular complexity index is 1210. The molecular weight excluding hydrogens is 417 g/mol. The van der Waals surface area contributed by atoms with Crippen molar-refractivity contribution < 1.29 is 5.11 Å². The number of aryl methyl sites for hydroxylation is 2. The summed E-state index contributed by atoms with van der Waals surface area (Å²) in [4.78, 5) is 30.4. The number of nitrogens with one attached hydrogen (secondary N) is 1. The first-order valence-electron chi connectivity index (χ1n) is 9.31. The van der Waals surface area contributed by atoms with Gasteiger partial charge in [0.25, 0.3) is 5.56 Å². The SMILES string of the molecule is Cn1c(NC2CC[C@@H](O)C2)nc2c(=O)n(Cc3ccc(Cl)c(Cl)c3)c(=O)n(C)c21. The van der Waals surface area contributed by atoms with Crippen molar-refractivity contribution in [3.05, 3.63) is 54.6 Å². The van der Waals surface area contributed by atoms with Crippen LogP contribution in [0, 0.1) is 0 Å². The van der Waals surface area contributed by atoms with Crippen molar-refractivity contribution in [1.82, 2.24) is 18.7 Å². The average Bonchev–Trinajstić information content (AvgIpc) is 3.23. The topological polar surface area (TPSA) is 94.1 Å². The molecule has 3 aromatic rings. The van der Waals surface area contributed by atoms with Crippen LogP contribution in [0.1, 0.15) is 24.8 Å². The van der Waals surface area contributed by atoms with Gasteiger partial charge in [0.2, 0.25) is 5.95 Å². The van der Waals surface area contributed by atoms with Crippen LogP contribution in [0.25, 0.3) is 11.2 Å². The molecule has 0 amide bonds. The van der Waals surface area contributed by atoms with Crippen LogP contribution >= 0.6 is 23.2 Å². The lowest BCUT2D eigenvalue weighted by atomic mass is 10.2. The lowest BCUT2D eigenvalue weighted by Gasteiger charge is -2.13. The summed E-state index contributed by atoms with van der Waals surface area (Å²) in [5.41, 5.74) is 0.415. The van der Waals surface area contributed by atoms with Crippen LogP contribution in [0.3, 0.4) is 0 Å². The molecule has 154 valence electrons. The van der Waals surface area contributed by atoms with E-state index in [0.29, 0.717) is 33.6 Å². The predicted octanol–water partition coefficient (Wildman–Crippen LogP) is 2.11. The second-order valence-corrected chi connectivity index (χ2v) is 8.27. The van der Waals surface area contributed by atoms with Crippen molar-refractivity contribution in [1.29, 1.82) is 0 Å². The number of aliphatic hydroxyl groups excluding tert-OH is 1. The molecular formula is C19H21Cl2N5O3. The molecule has 2 atom stereocenters. The van der Waals surface area contributed by atoms with Crippen molar-refractivity contribution in [2.24, 2.45) is 14.1 Å². The van der Waals surface area contributed by atoms with Gasteiger partial charge < -0.3 is 10.4 Å². The highest BCUT2D eigenvalue weighted by Crippen LogP contribution is 2.24. The van der Waals surface area contributed by atoms with Crippen molar-refractivity contribution in [2.45, 2.75) is 38.0 Å². The van der Waals surface area contributed by atoms with Crippen molar-refractivity contribution in [3.8, 4) is 0 Å². The first-order valence-corrected chi connectivity index (χ1v) is 10.1. The number of nitrogens with zero attached hydrogens (tertiary/aromatic N) is 4. The van der Waals surface area contributed by atoms with Crippen molar-refractivity contribution in [2.75, 3.05) is 5.32 Å². The van der Waals surface area contributed by atoms with E-state index in [2.05, 4.69) is 10.3 Å². The monoisotopic (exact) mass is 437 g/mol. The minimum Gasteiger partial charge on any atom is -0.393 e. The summed E-state index contributed by atoms with van der Waals surface area (Å²) in [6, 6.07) is 5.07. The van der Waals surface area contributed by atoms with Gasteiger partial charge in [0.15, 0.2) is 11.2 Å². The van der Waals surface area contributed by atoms with Gasteiger partial charge in [-0.15, -0.1) is 0 Å². The molecule has 2 N–H and O–H groups in total. The molecule has 2 aromatic heterocycles. The van der Waals surface area contributed by atoms with Gasteiger partial charge in [-0.2, -0.15) is 0 Å². The largest absolute Gasteiger partial charge is 0.393 e. The number of anilines is 1. The molecule has 0 radical (unpaired) electrons. The average molecular weight is 438 g/mol. The molecule has 4 rings (SSSR count). The van der Waals surface area contributed by atoms with Crippen molar-refractivity contribution >= 4 is 40.3 Å². The van der Waals surface area contributed by atoms with E-state index in [1.807, 2.05) is 0 Å². The molecule has 29 heavy (non-hydrogen) atoms. The van der Waals surface area contributed by atoms with Gasteiger partial charge in [-0.05, 0) is 37.0 Å². The molecule has 2 heterocycles. The van der Waals surface area contributed by atoms with Gasteiger partial charge in [0.05, 0.1) is 22.7 Å². The number of imidazole rings is 1. The number of halogens is 2. The first-order chi connectivity index (χ1) is 13.8. The Kier molecular flexibility index (Phi) is 5.18. The molecule has 1 saturated carbocycles. The molecule has 1 unspecified atom stereocenters. The number of aliphatic hydroxyl groups is 1. The summed E-state index contributed by atoms with van der Waals surface area (Å²) in [6.45, 7) is 0.0620. The number of fused-ring (bicyclic) bond motifs is 1. The van der Waals surface area contributed by atoms with Crippen LogP contribution in [-0.4, -0.2) is 35.9 Å². The zero-order valence-electron chi connectivity index (χ0n) is 16.0. The second-order valence-electron chi connectivity index (χ2n) is 7.46. The standard InChI is InChI=1S/C19H21Cl2N5O3/c1-24-16-15(23-18(24)22-11-4-5-12(27)8-11)17(28)26(19(29)25(16)2)9-10-3-6-13(20)14(21)7-10/h3,6-7,11-12,27H,4-5,8-9H2,1-2H3,(H,22,23)/t11?,12-/m1/s1. The molecule has 0 spiro atoms. The summed E-state index contributed by atoms with van der Waals surface area (Å²) >= 11 is 12.0. The second kappa shape index (κ2) is 7.51. The van der Waals surface area contributed by atoms with Crippen LogP contribution in [-0.2, 0) is 20.6 Å². The number of hydrogen-bond acceptors (Lipinski definition) is 5. The van der Waals surface area contributed by atoms with Gasteiger partial charge in [-0.3, -0.25) is 18.5 Å². The van der Waals surface area contributed by atoms with Crippen LogP contribution in [0.4, 0.5) is 5.95 Å². The maximum absolute atomic E-state index is 13.1. The smallest absolute Gasteiger partial charge is 0.332 e. The molecule has 1 aliphatic rings. The van der Waals surface area contributed by atoms with E-state index in [4.69, 9.17) is 23.2 Å². The summed E-state index contributed by atoms with van der Waals surface area (Å²) < 4.78 is 4.25. The zero-order chi connectivity index (χ0) is 20.9. The number of hydrogen-bond donors (Lipinski definition) is 2. The summed E-state index contributed by atoms with van der Waals surface area (Å²) in [6.07, 6.45) is 1.86.